The maximum absolute atomic E-state index is 13.7. The van der Waals surface area contributed by atoms with Gasteiger partial charge in [-0.2, -0.15) is 0 Å². The number of methoxy groups -OCH3 is 1. The third-order valence-electron chi connectivity index (χ3n) is 2.65. The molecule has 2 N–H and O–H groups in total. The van der Waals surface area contributed by atoms with E-state index in [4.69, 9.17) is 0 Å². The van der Waals surface area contributed by atoms with E-state index in [1.54, 1.807) is 0 Å². The highest BCUT2D eigenvalue weighted by Gasteiger charge is 2.13. The lowest BCUT2D eigenvalue weighted by Crippen LogP contribution is -2.18. The van der Waals surface area contributed by atoms with E-state index in [0.29, 0.717) is 0 Å². The first-order chi connectivity index (χ1) is 10.0. The van der Waals surface area contributed by atoms with Gasteiger partial charge < -0.3 is 15.0 Å². The molecule has 0 saturated heterocycles. The second-order valence-electron chi connectivity index (χ2n) is 4.07. The molecule has 0 unspecified atom stereocenters. The summed E-state index contributed by atoms with van der Waals surface area (Å²) in [6.07, 6.45) is 0. The molecular formula is C14H11FN2O4. The van der Waals surface area contributed by atoms with Gasteiger partial charge in [0.05, 0.1) is 18.4 Å². The highest BCUT2D eigenvalue weighted by atomic mass is 19.1. The van der Waals surface area contributed by atoms with E-state index in [2.05, 4.69) is 15.0 Å². The molecule has 0 atom stereocenters. The number of carbonyl (C=O) groups excluding carboxylic acids is 2. The van der Waals surface area contributed by atoms with Crippen molar-refractivity contribution in [3.8, 4) is 0 Å². The summed E-state index contributed by atoms with van der Waals surface area (Å²) in [5.41, 5.74) is -0.569. The van der Waals surface area contributed by atoms with Gasteiger partial charge in [-0.05, 0) is 24.3 Å². The third-order valence-corrected chi connectivity index (χ3v) is 2.65. The average Bonchev–Trinajstić information content (AvgIpc) is 2.48. The van der Waals surface area contributed by atoms with Crippen LogP contribution in [0.2, 0.25) is 0 Å². The zero-order valence-electron chi connectivity index (χ0n) is 11.0. The van der Waals surface area contributed by atoms with Gasteiger partial charge in [-0.15, -0.1) is 0 Å². The van der Waals surface area contributed by atoms with E-state index in [-0.39, 0.29) is 16.9 Å². The van der Waals surface area contributed by atoms with Crippen LogP contribution in [0.25, 0.3) is 0 Å². The van der Waals surface area contributed by atoms with E-state index in [1.165, 1.54) is 31.4 Å². The van der Waals surface area contributed by atoms with Crippen molar-refractivity contribution < 1.29 is 18.7 Å². The van der Waals surface area contributed by atoms with E-state index in [1.807, 2.05) is 0 Å². The molecule has 6 nitrogen and oxygen atoms in total. The standard InChI is InChI=1S/C14H11FN2O4/c1-21-14(20)8-5-6-9(15)11(7-8)17-13(19)10-3-2-4-12(18)16-10/h2-7H,1H3,(H,16,18)(H,17,19). The Morgan fingerprint density at radius 1 is 1.24 bits per heavy atom. The molecule has 21 heavy (non-hydrogen) atoms. The van der Waals surface area contributed by atoms with Crippen LogP contribution in [-0.4, -0.2) is 24.0 Å². The fourth-order valence-electron chi connectivity index (χ4n) is 1.64. The minimum absolute atomic E-state index is 0.0228. The maximum Gasteiger partial charge on any atom is 0.337 e. The van der Waals surface area contributed by atoms with Gasteiger partial charge in [0.2, 0.25) is 5.56 Å². The first-order valence-electron chi connectivity index (χ1n) is 5.90. The zero-order valence-corrected chi connectivity index (χ0v) is 11.0. The number of hydrogen-bond donors (Lipinski definition) is 2. The summed E-state index contributed by atoms with van der Waals surface area (Å²) in [7, 11) is 1.19. The van der Waals surface area contributed by atoms with E-state index >= 15 is 0 Å². The van der Waals surface area contributed by atoms with Gasteiger partial charge in [-0.25, -0.2) is 9.18 Å². The lowest BCUT2D eigenvalue weighted by molar-refractivity contribution is 0.0600. The summed E-state index contributed by atoms with van der Waals surface area (Å²) in [5, 5.41) is 2.28. The number of amides is 1. The smallest absolute Gasteiger partial charge is 0.337 e. The Balaban J connectivity index is 2.28. The third kappa shape index (κ3) is 3.33. The van der Waals surface area contributed by atoms with Crippen LogP contribution in [0.4, 0.5) is 10.1 Å². The van der Waals surface area contributed by atoms with Gasteiger partial charge in [-0.1, -0.05) is 6.07 Å². The number of halogens is 1. The topological polar surface area (TPSA) is 88.3 Å². The van der Waals surface area contributed by atoms with E-state index < -0.39 is 23.3 Å². The van der Waals surface area contributed by atoms with Crippen LogP contribution >= 0.6 is 0 Å². The van der Waals surface area contributed by atoms with E-state index in [9.17, 15) is 18.8 Å². The van der Waals surface area contributed by atoms with Crippen molar-refractivity contribution in [2.75, 3.05) is 12.4 Å². The van der Waals surface area contributed by atoms with Gasteiger partial charge >= 0.3 is 5.97 Å². The predicted molar refractivity (Wildman–Crippen MR) is 72.8 cm³/mol. The number of benzene rings is 1. The molecule has 2 rings (SSSR count). The molecule has 0 aliphatic carbocycles. The van der Waals surface area contributed by atoms with Crippen LogP contribution < -0.4 is 10.9 Å². The van der Waals surface area contributed by atoms with Crippen LogP contribution in [0, 0.1) is 5.82 Å². The molecule has 0 aliphatic rings. The minimum Gasteiger partial charge on any atom is -0.465 e. The highest BCUT2D eigenvalue weighted by Crippen LogP contribution is 2.17. The Bertz CT molecular complexity index is 755. The largest absolute Gasteiger partial charge is 0.465 e. The fourth-order valence-corrected chi connectivity index (χ4v) is 1.64. The number of nitrogens with one attached hydrogen (secondary N) is 2. The number of rotatable bonds is 3. The van der Waals surface area contributed by atoms with Crippen molar-refractivity contribution in [1.82, 2.24) is 4.98 Å². The summed E-state index contributed by atoms with van der Waals surface area (Å²) >= 11 is 0. The summed E-state index contributed by atoms with van der Waals surface area (Å²) in [4.78, 5) is 36.7. The molecule has 0 aliphatic heterocycles. The molecule has 7 heteroatoms. The van der Waals surface area contributed by atoms with Gasteiger partial charge in [0.1, 0.15) is 11.5 Å². The number of aromatic amines is 1. The van der Waals surface area contributed by atoms with Gasteiger partial charge in [-0.3, -0.25) is 9.59 Å². The quantitative estimate of drug-likeness (QED) is 0.839. The minimum atomic E-state index is -0.714. The number of pyridine rings is 1. The summed E-state index contributed by atoms with van der Waals surface area (Å²) in [6, 6.07) is 7.44. The maximum atomic E-state index is 13.7. The Labute approximate surface area is 118 Å². The first-order valence-corrected chi connectivity index (χ1v) is 5.90. The highest BCUT2D eigenvalue weighted by molar-refractivity contribution is 6.03. The normalized spacial score (nSPS) is 10.0. The second kappa shape index (κ2) is 6.00. The molecule has 1 aromatic heterocycles. The number of carbonyl (C=O) groups is 2. The Morgan fingerprint density at radius 2 is 2.00 bits per heavy atom. The van der Waals surface area contributed by atoms with Crippen LogP contribution in [0.5, 0.6) is 0 Å². The number of hydrogen-bond acceptors (Lipinski definition) is 4. The Hall–Kier alpha value is -2.96. The van der Waals surface area contributed by atoms with Crippen LogP contribution in [-0.2, 0) is 4.74 Å². The lowest BCUT2D eigenvalue weighted by atomic mass is 10.2. The van der Waals surface area contributed by atoms with E-state index in [0.717, 1.165) is 12.1 Å². The molecule has 0 fully saturated rings. The average molecular weight is 290 g/mol. The molecule has 0 radical (unpaired) electrons. The van der Waals surface area contributed by atoms with Crippen molar-refractivity contribution in [1.29, 1.82) is 0 Å². The number of aromatic nitrogens is 1. The van der Waals surface area contributed by atoms with Crippen molar-refractivity contribution in [3.05, 3.63) is 63.8 Å². The van der Waals surface area contributed by atoms with Gasteiger partial charge in [0.15, 0.2) is 0 Å². The number of ether oxygens (including phenoxy) is 1. The van der Waals surface area contributed by atoms with Crippen molar-refractivity contribution in [3.63, 3.8) is 0 Å². The molecule has 108 valence electrons. The first kappa shape index (κ1) is 14.4. The van der Waals surface area contributed by atoms with Crippen molar-refractivity contribution in [2.45, 2.75) is 0 Å². The molecular weight excluding hydrogens is 279 g/mol. The second-order valence-corrected chi connectivity index (χ2v) is 4.07. The summed E-state index contributed by atoms with van der Waals surface area (Å²) in [6.45, 7) is 0. The Kier molecular flexibility index (Phi) is 4.13. The molecule has 1 aromatic carbocycles. The SMILES string of the molecule is COC(=O)c1ccc(F)c(NC(=O)c2cccc(=O)[nH]2)c1. The predicted octanol–water partition coefficient (Wildman–Crippen LogP) is 1.55. The number of H-pyrrole nitrogens is 1. The number of anilines is 1. The zero-order chi connectivity index (χ0) is 15.4. The molecule has 0 bridgehead atoms. The molecule has 0 spiro atoms. The molecule has 2 aromatic rings. The monoisotopic (exact) mass is 290 g/mol. The molecule has 1 heterocycles. The van der Waals surface area contributed by atoms with Crippen LogP contribution in [0.3, 0.4) is 0 Å². The van der Waals surface area contributed by atoms with Crippen molar-refractivity contribution in [2.24, 2.45) is 0 Å². The summed E-state index contributed by atoms with van der Waals surface area (Å²) in [5.74, 6) is -2.07. The Morgan fingerprint density at radius 3 is 2.67 bits per heavy atom. The summed E-state index contributed by atoms with van der Waals surface area (Å²) < 4.78 is 18.2. The van der Waals surface area contributed by atoms with Gasteiger partial charge in [0.25, 0.3) is 5.91 Å². The lowest BCUT2D eigenvalue weighted by Gasteiger charge is -2.08. The number of esters is 1. The van der Waals surface area contributed by atoms with Crippen molar-refractivity contribution >= 4 is 17.6 Å². The fraction of sp³-hybridized carbons (Fsp3) is 0.0714. The van der Waals surface area contributed by atoms with Gasteiger partial charge in [0, 0.05) is 6.07 Å². The molecule has 1 amide bonds. The van der Waals surface area contributed by atoms with Crippen LogP contribution in [0.1, 0.15) is 20.8 Å². The van der Waals surface area contributed by atoms with Crippen LogP contribution in [0.15, 0.2) is 41.2 Å². The molecule has 0 saturated carbocycles.